The first kappa shape index (κ1) is 11.8. The molecule has 0 radical (unpaired) electrons. The molecule has 1 heterocycles. The van der Waals surface area contributed by atoms with E-state index in [0.717, 1.165) is 6.42 Å². The van der Waals surface area contributed by atoms with Crippen molar-refractivity contribution >= 4 is 0 Å². The highest BCUT2D eigenvalue weighted by atomic mass is 14.6. The maximum atomic E-state index is 5.88. The van der Waals surface area contributed by atoms with Gasteiger partial charge in [-0.3, -0.25) is 4.98 Å². The van der Waals surface area contributed by atoms with Gasteiger partial charge in [0.25, 0.3) is 0 Å². The van der Waals surface area contributed by atoms with Crippen LogP contribution in [0.5, 0.6) is 0 Å². The summed E-state index contributed by atoms with van der Waals surface area (Å²) in [5.41, 5.74) is 9.76. The van der Waals surface area contributed by atoms with E-state index in [9.17, 15) is 0 Å². The lowest BCUT2D eigenvalue weighted by atomic mass is 9.91. The summed E-state index contributed by atoms with van der Waals surface area (Å²) in [7, 11) is 0. The third kappa shape index (κ3) is 2.92. The number of aryl methyl sites for hydroxylation is 1. The van der Waals surface area contributed by atoms with Crippen molar-refractivity contribution in [1.29, 1.82) is 0 Å². The minimum absolute atomic E-state index is 0.374. The Morgan fingerprint density at radius 2 is 1.94 bits per heavy atom. The fourth-order valence-electron chi connectivity index (χ4n) is 2.04. The number of hydrogen-bond donors (Lipinski definition) is 1. The molecule has 88 valence electrons. The van der Waals surface area contributed by atoms with Crippen molar-refractivity contribution in [3.8, 4) is 0 Å². The molecule has 2 rings (SSSR count). The standard InChI is InChI=1S/C15H18N2/c1-12-7-8-17-11-15(12)9-14(10-16)13-5-3-2-4-6-13/h2-8,11,14H,9-10,16H2,1H3. The van der Waals surface area contributed by atoms with Gasteiger partial charge in [-0.2, -0.15) is 0 Å². The predicted molar refractivity (Wildman–Crippen MR) is 70.9 cm³/mol. The van der Waals surface area contributed by atoms with Crippen molar-refractivity contribution < 1.29 is 0 Å². The van der Waals surface area contributed by atoms with E-state index in [2.05, 4.69) is 36.2 Å². The van der Waals surface area contributed by atoms with Gasteiger partial charge >= 0.3 is 0 Å². The van der Waals surface area contributed by atoms with Crippen molar-refractivity contribution in [1.82, 2.24) is 4.98 Å². The van der Waals surface area contributed by atoms with Gasteiger partial charge in [0, 0.05) is 18.3 Å². The van der Waals surface area contributed by atoms with Crippen molar-refractivity contribution in [3.05, 3.63) is 65.5 Å². The number of benzene rings is 1. The molecule has 0 bridgehead atoms. The smallest absolute Gasteiger partial charge is 0.0302 e. The molecule has 2 N–H and O–H groups in total. The van der Waals surface area contributed by atoms with Crippen LogP contribution in [-0.2, 0) is 6.42 Å². The number of aromatic nitrogens is 1. The fourth-order valence-corrected chi connectivity index (χ4v) is 2.04. The van der Waals surface area contributed by atoms with Crippen LogP contribution in [0, 0.1) is 6.92 Å². The minimum Gasteiger partial charge on any atom is -0.330 e. The molecule has 1 unspecified atom stereocenters. The molecular weight excluding hydrogens is 208 g/mol. The lowest BCUT2D eigenvalue weighted by Gasteiger charge is -2.16. The summed E-state index contributed by atoms with van der Waals surface area (Å²) >= 11 is 0. The largest absolute Gasteiger partial charge is 0.330 e. The van der Waals surface area contributed by atoms with Crippen LogP contribution < -0.4 is 5.73 Å². The van der Waals surface area contributed by atoms with Gasteiger partial charge in [0.15, 0.2) is 0 Å². The van der Waals surface area contributed by atoms with E-state index in [1.165, 1.54) is 16.7 Å². The Bertz CT molecular complexity index is 465. The van der Waals surface area contributed by atoms with Crippen LogP contribution in [0.1, 0.15) is 22.6 Å². The number of nitrogens with zero attached hydrogens (tertiary/aromatic N) is 1. The molecule has 17 heavy (non-hydrogen) atoms. The van der Waals surface area contributed by atoms with Crippen molar-refractivity contribution in [2.45, 2.75) is 19.3 Å². The molecule has 1 aromatic heterocycles. The highest BCUT2D eigenvalue weighted by Crippen LogP contribution is 2.20. The van der Waals surface area contributed by atoms with Crippen LogP contribution in [0.25, 0.3) is 0 Å². The summed E-state index contributed by atoms with van der Waals surface area (Å²) < 4.78 is 0. The van der Waals surface area contributed by atoms with Gasteiger partial charge < -0.3 is 5.73 Å². The number of hydrogen-bond acceptors (Lipinski definition) is 2. The maximum Gasteiger partial charge on any atom is 0.0302 e. The SMILES string of the molecule is Cc1ccncc1CC(CN)c1ccccc1. The van der Waals surface area contributed by atoms with Crippen molar-refractivity contribution in [2.75, 3.05) is 6.54 Å². The van der Waals surface area contributed by atoms with E-state index in [-0.39, 0.29) is 0 Å². The second kappa shape index (κ2) is 5.60. The van der Waals surface area contributed by atoms with E-state index in [1.54, 1.807) is 0 Å². The summed E-state index contributed by atoms with van der Waals surface area (Å²) in [6.07, 6.45) is 4.74. The van der Waals surface area contributed by atoms with Gasteiger partial charge in [-0.05, 0) is 42.6 Å². The zero-order chi connectivity index (χ0) is 12.1. The Morgan fingerprint density at radius 1 is 1.18 bits per heavy atom. The second-order valence-electron chi connectivity index (χ2n) is 4.35. The van der Waals surface area contributed by atoms with Gasteiger partial charge in [-0.15, -0.1) is 0 Å². The number of rotatable bonds is 4. The molecule has 0 aliphatic rings. The number of pyridine rings is 1. The molecule has 2 heteroatoms. The van der Waals surface area contributed by atoms with E-state index in [0.29, 0.717) is 12.5 Å². The van der Waals surface area contributed by atoms with E-state index in [1.807, 2.05) is 24.5 Å². The van der Waals surface area contributed by atoms with Gasteiger partial charge in [0.1, 0.15) is 0 Å². The molecule has 0 aliphatic carbocycles. The van der Waals surface area contributed by atoms with E-state index < -0.39 is 0 Å². The first-order valence-corrected chi connectivity index (χ1v) is 5.95. The Kier molecular flexibility index (Phi) is 3.89. The molecule has 2 aromatic rings. The molecule has 0 saturated heterocycles. The minimum atomic E-state index is 0.374. The highest BCUT2D eigenvalue weighted by Gasteiger charge is 2.11. The summed E-state index contributed by atoms with van der Waals surface area (Å²) in [5.74, 6) is 0.374. The van der Waals surface area contributed by atoms with Crippen LogP contribution in [0.4, 0.5) is 0 Å². The Morgan fingerprint density at radius 3 is 2.59 bits per heavy atom. The molecule has 1 atom stereocenters. The van der Waals surface area contributed by atoms with Gasteiger partial charge in [-0.25, -0.2) is 0 Å². The van der Waals surface area contributed by atoms with Crippen molar-refractivity contribution in [2.24, 2.45) is 5.73 Å². The van der Waals surface area contributed by atoms with E-state index in [4.69, 9.17) is 5.73 Å². The lowest BCUT2D eigenvalue weighted by Crippen LogP contribution is -2.15. The summed E-state index contributed by atoms with van der Waals surface area (Å²) in [6.45, 7) is 2.79. The van der Waals surface area contributed by atoms with E-state index >= 15 is 0 Å². The first-order chi connectivity index (χ1) is 8.31. The number of nitrogens with two attached hydrogens (primary N) is 1. The fraction of sp³-hybridized carbons (Fsp3) is 0.267. The molecule has 0 spiro atoms. The second-order valence-corrected chi connectivity index (χ2v) is 4.35. The molecule has 0 fully saturated rings. The predicted octanol–water partition coefficient (Wildman–Crippen LogP) is 2.68. The monoisotopic (exact) mass is 226 g/mol. The zero-order valence-corrected chi connectivity index (χ0v) is 10.1. The third-order valence-corrected chi connectivity index (χ3v) is 3.17. The molecule has 0 aliphatic heterocycles. The van der Waals surface area contributed by atoms with Crippen LogP contribution in [-0.4, -0.2) is 11.5 Å². The average Bonchev–Trinajstić information content (AvgIpc) is 2.39. The third-order valence-electron chi connectivity index (χ3n) is 3.17. The summed E-state index contributed by atoms with van der Waals surface area (Å²) in [4.78, 5) is 4.19. The molecule has 0 saturated carbocycles. The topological polar surface area (TPSA) is 38.9 Å². The van der Waals surface area contributed by atoms with Crippen LogP contribution >= 0.6 is 0 Å². The first-order valence-electron chi connectivity index (χ1n) is 5.95. The average molecular weight is 226 g/mol. The zero-order valence-electron chi connectivity index (χ0n) is 10.1. The van der Waals surface area contributed by atoms with Crippen LogP contribution in [0.15, 0.2) is 48.8 Å². The molecule has 0 amide bonds. The van der Waals surface area contributed by atoms with Crippen molar-refractivity contribution in [3.63, 3.8) is 0 Å². The van der Waals surface area contributed by atoms with Crippen LogP contribution in [0.2, 0.25) is 0 Å². The molecular formula is C15H18N2. The maximum absolute atomic E-state index is 5.88. The Labute approximate surface area is 103 Å². The molecule has 1 aromatic carbocycles. The highest BCUT2D eigenvalue weighted by molar-refractivity contribution is 5.27. The van der Waals surface area contributed by atoms with Gasteiger partial charge in [0.2, 0.25) is 0 Å². The van der Waals surface area contributed by atoms with Gasteiger partial charge in [-0.1, -0.05) is 30.3 Å². The Balaban J connectivity index is 2.19. The molecule has 2 nitrogen and oxygen atoms in total. The lowest BCUT2D eigenvalue weighted by molar-refractivity contribution is 0.690. The Hall–Kier alpha value is -1.67. The summed E-state index contributed by atoms with van der Waals surface area (Å²) in [5, 5.41) is 0. The van der Waals surface area contributed by atoms with Gasteiger partial charge in [0.05, 0.1) is 0 Å². The summed E-state index contributed by atoms with van der Waals surface area (Å²) in [6, 6.07) is 12.5. The van der Waals surface area contributed by atoms with Crippen LogP contribution in [0.3, 0.4) is 0 Å². The normalized spacial score (nSPS) is 12.4. The quantitative estimate of drug-likeness (QED) is 0.870.